The normalized spacial score (nSPS) is 11.2. The molecule has 0 saturated carbocycles. The van der Waals surface area contributed by atoms with Gasteiger partial charge in [0.2, 0.25) is 10.0 Å². The first-order chi connectivity index (χ1) is 9.37. The lowest BCUT2D eigenvalue weighted by Gasteiger charge is -2.09. The molecule has 1 aromatic heterocycles. The number of nitrogens with zero attached hydrogens (tertiary/aromatic N) is 4. The number of carbonyl (C=O) groups is 1. The van der Waals surface area contributed by atoms with Gasteiger partial charge in [0.05, 0.1) is 16.4 Å². The molecule has 0 fully saturated rings. The van der Waals surface area contributed by atoms with Crippen LogP contribution in [0.25, 0.3) is 5.69 Å². The van der Waals surface area contributed by atoms with Gasteiger partial charge < -0.3 is 5.11 Å². The number of nitrogens with one attached hydrogen (secondary N) is 1. The fourth-order valence-electron chi connectivity index (χ4n) is 1.38. The van der Waals surface area contributed by atoms with Gasteiger partial charge in [-0.25, -0.2) is 13.1 Å². The van der Waals surface area contributed by atoms with Crippen molar-refractivity contribution in [2.24, 2.45) is 0 Å². The summed E-state index contributed by atoms with van der Waals surface area (Å²) in [4.78, 5) is 10.5. The molecule has 20 heavy (non-hydrogen) atoms. The van der Waals surface area contributed by atoms with Gasteiger partial charge in [0, 0.05) is 0 Å². The van der Waals surface area contributed by atoms with Crippen molar-refractivity contribution in [2.75, 3.05) is 10.5 Å². The van der Waals surface area contributed by atoms with Gasteiger partial charge in [0.1, 0.15) is 6.33 Å². The second kappa shape index (κ2) is 5.43. The average Bonchev–Trinajstić information content (AvgIpc) is 2.83. The second-order valence-corrected chi connectivity index (χ2v) is 5.80. The number of halogens is 1. The maximum absolute atomic E-state index is 11.6. The minimum Gasteiger partial charge on any atom is -0.480 e. The average molecular weight is 318 g/mol. The number of carboxylic acid groups (broad SMARTS) is 1. The van der Waals surface area contributed by atoms with Crippen LogP contribution in [0, 0.1) is 0 Å². The minimum atomic E-state index is -4.04. The summed E-state index contributed by atoms with van der Waals surface area (Å²) in [7, 11) is -4.04. The molecular weight excluding hydrogens is 310 g/mol. The SMILES string of the molecule is O=C(O)CS(=O)(=O)Nc1cc(-n2cnnn2)ccc1Cl. The smallest absolute Gasteiger partial charge is 0.320 e. The number of aliphatic carboxylic acids is 1. The van der Waals surface area contributed by atoms with Gasteiger partial charge in [-0.1, -0.05) is 11.6 Å². The molecule has 9 nitrogen and oxygen atoms in total. The number of tetrazole rings is 1. The maximum atomic E-state index is 11.6. The fraction of sp³-hybridized carbons (Fsp3) is 0.111. The Bertz CT molecular complexity index is 731. The van der Waals surface area contributed by atoms with Gasteiger partial charge in [-0.15, -0.1) is 5.10 Å². The van der Waals surface area contributed by atoms with E-state index >= 15 is 0 Å². The fourth-order valence-corrected chi connectivity index (χ4v) is 2.50. The van der Waals surface area contributed by atoms with E-state index < -0.39 is 21.7 Å². The van der Waals surface area contributed by atoms with E-state index in [0.717, 1.165) is 0 Å². The summed E-state index contributed by atoms with van der Waals surface area (Å²) in [5, 5.41) is 19.2. The predicted octanol–water partition coefficient (Wildman–Crippen LogP) is 0.142. The molecule has 0 unspecified atom stereocenters. The lowest BCUT2D eigenvalue weighted by molar-refractivity contribution is -0.134. The van der Waals surface area contributed by atoms with Crippen molar-refractivity contribution in [3.8, 4) is 5.69 Å². The Labute approximate surface area is 118 Å². The van der Waals surface area contributed by atoms with Crippen LogP contribution in [0.5, 0.6) is 0 Å². The first kappa shape index (κ1) is 14.2. The van der Waals surface area contributed by atoms with Crippen LogP contribution in [0.2, 0.25) is 5.02 Å². The van der Waals surface area contributed by atoms with E-state index in [9.17, 15) is 13.2 Å². The van der Waals surface area contributed by atoms with E-state index in [-0.39, 0.29) is 10.7 Å². The summed E-state index contributed by atoms with van der Waals surface area (Å²) in [5.41, 5.74) is 0.508. The zero-order valence-electron chi connectivity index (χ0n) is 9.76. The Morgan fingerprint density at radius 3 is 2.80 bits per heavy atom. The molecule has 0 saturated heterocycles. The first-order valence-corrected chi connectivity index (χ1v) is 7.15. The topological polar surface area (TPSA) is 127 Å². The monoisotopic (exact) mass is 317 g/mol. The molecular formula is C9H8ClN5O4S. The molecule has 0 aliphatic heterocycles. The Kier molecular flexibility index (Phi) is 3.86. The Balaban J connectivity index is 2.32. The van der Waals surface area contributed by atoms with Gasteiger partial charge in [0.15, 0.2) is 5.75 Å². The predicted molar refractivity (Wildman–Crippen MR) is 69.2 cm³/mol. The first-order valence-electron chi connectivity index (χ1n) is 5.12. The lowest BCUT2D eigenvalue weighted by atomic mass is 10.3. The van der Waals surface area contributed by atoms with E-state index in [4.69, 9.17) is 16.7 Å². The van der Waals surface area contributed by atoms with E-state index in [2.05, 4.69) is 20.2 Å². The van der Waals surface area contributed by atoms with Gasteiger partial charge >= 0.3 is 5.97 Å². The molecule has 11 heteroatoms. The molecule has 2 N–H and O–H groups in total. The van der Waals surface area contributed by atoms with Crippen molar-refractivity contribution in [1.29, 1.82) is 0 Å². The Morgan fingerprint density at radius 2 is 2.20 bits per heavy atom. The standard InChI is InChI=1S/C9H8ClN5O4S/c10-7-2-1-6(15-5-11-13-14-15)3-8(7)12-20(18,19)4-9(16)17/h1-3,5,12H,4H2,(H,16,17). The van der Waals surface area contributed by atoms with Crippen molar-refractivity contribution >= 4 is 33.3 Å². The van der Waals surface area contributed by atoms with Gasteiger partial charge in [-0.2, -0.15) is 0 Å². The third kappa shape index (κ3) is 3.42. The van der Waals surface area contributed by atoms with E-state index in [1.807, 2.05) is 0 Å². The second-order valence-electron chi connectivity index (χ2n) is 3.67. The zero-order chi connectivity index (χ0) is 14.8. The van der Waals surface area contributed by atoms with Crippen LogP contribution >= 0.6 is 11.6 Å². The van der Waals surface area contributed by atoms with Crippen LogP contribution in [0.1, 0.15) is 0 Å². The third-order valence-electron chi connectivity index (χ3n) is 2.14. The minimum absolute atomic E-state index is 0.0425. The molecule has 2 aromatic rings. The molecule has 0 amide bonds. The van der Waals surface area contributed by atoms with E-state index in [0.29, 0.717) is 5.69 Å². The van der Waals surface area contributed by atoms with Crippen LogP contribution in [-0.2, 0) is 14.8 Å². The molecule has 0 spiro atoms. The number of hydrogen-bond donors (Lipinski definition) is 2. The molecule has 0 aliphatic carbocycles. The van der Waals surface area contributed by atoms with Crippen molar-refractivity contribution in [1.82, 2.24) is 20.2 Å². The van der Waals surface area contributed by atoms with Gasteiger partial charge in [0.25, 0.3) is 0 Å². The number of aromatic nitrogens is 4. The number of anilines is 1. The quantitative estimate of drug-likeness (QED) is 0.803. The van der Waals surface area contributed by atoms with Crippen molar-refractivity contribution < 1.29 is 18.3 Å². The van der Waals surface area contributed by atoms with E-state index in [1.54, 1.807) is 6.07 Å². The van der Waals surface area contributed by atoms with Gasteiger partial charge in [-0.05, 0) is 28.6 Å². The summed E-state index contributed by atoms with van der Waals surface area (Å²) < 4.78 is 26.5. The number of benzene rings is 1. The van der Waals surface area contributed by atoms with Crippen molar-refractivity contribution in [3.63, 3.8) is 0 Å². The Morgan fingerprint density at radius 1 is 1.45 bits per heavy atom. The number of rotatable bonds is 5. The van der Waals surface area contributed by atoms with E-state index in [1.165, 1.54) is 23.1 Å². The highest BCUT2D eigenvalue weighted by molar-refractivity contribution is 7.93. The van der Waals surface area contributed by atoms with Crippen LogP contribution in [0.15, 0.2) is 24.5 Å². The third-order valence-corrected chi connectivity index (χ3v) is 3.63. The van der Waals surface area contributed by atoms with Gasteiger partial charge in [-0.3, -0.25) is 9.52 Å². The largest absolute Gasteiger partial charge is 0.480 e. The summed E-state index contributed by atoms with van der Waals surface area (Å²) in [6, 6.07) is 4.41. The summed E-state index contributed by atoms with van der Waals surface area (Å²) in [6.45, 7) is 0. The molecule has 0 atom stereocenters. The van der Waals surface area contributed by atoms with Crippen LogP contribution in [-0.4, -0.2) is 45.5 Å². The highest BCUT2D eigenvalue weighted by atomic mass is 35.5. The van der Waals surface area contributed by atoms with Crippen molar-refractivity contribution in [3.05, 3.63) is 29.5 Å². The number of carboxylic acids is 1. The molecule has 0 bridgehead atoms. The summed E-state index contributed by atoms with van der Waals surface area (Å²) in [6.07, 6.45) is 1.32. The van der Waals surface area contributed by atoms with Crippen LogP contribution in [0.4, 0.5) is 5.69 Å². The molecule has 2 rings (SSSR count). The molecule has 1 heterocycles. The van der Waals surface area contributed by atoms with Crippen LogP contribution in [0.3, 0.4) is 0 Å². The maximum Gasteiger partial charge on any atom is 0.320 e. The summed E-state index contributed by atoms with van der Waals surface area (Å²) >= 11 is 5.86. The molecule has 0 aliphatic rings. The summed E-state index contributed by atoms with van der Waals surface area (Å²) in [5.74, 6) is -2.52. The molecule has 1 aromatic carbocycles. The zero-order valence-corrected chi connectivity index (χ0v) is 11.3. The Hall–Kier alpha value is -2.20. The highest BCUT2D eigenvalue weighted by Gasteiger charge is 2.17. The van der Waals surface area contributed by atoms with Crippen molar-refractivity contribution in [2.45, 2.75) is 0 Å². The molecule has 106 valence electrons. The highest BCUT2D eigenvalue weighted by Crippen LogP contribution is 2.25. The molecule has 0 radical (unpaired) electrons. The lowest BCUT2D eigenvalue weighted by Crippen LogP contribution is -2.22. The number of hydrogen-bond acceptors (Lipinski definition) is 6. The number of sulfonamides is 1. The van der Waals surface area contributed by atoms with Crippen LogP contribution < -0.4 is 4.72 Å².